The van der Waals surface area contributed by atoms with Crippen LogP contribution in [0.2, 0.25) is 0 Å². The van der Waals surface area contributed by atoms with E-state index in [9.17, 15) is 4.39 Å². The van der Waals surface area contributed by atoms with E-state index in [2.05, 4.69) is 15.1 Å². The third kappa shape index (κ3) is 1.93. The van der Waals surface area contributed by atoms with Crippen molar-refractivity contribution in [1.82, 2.24) is 15.1 Å². The van der Waals surface area contributed by atoms with E-state index < -0.39 is 5.82 Å². The first-order chi connectivity index (χ1) is 9.27. The summed E-state index contributed by atoms with van der Waals surface area (Å²) in [5.41, 5.74) is 7.29. The van der Waals surface area contributed by atoms with Crippen molar-refractivity contribution in [3.05, 3.63) is 48.8 Å². The number of nitrogens with two attached hydrogens (primary N) is 1. The molecule has 0 radical (unpaired) electrons. The third-order valence-corrected chi connectivity index (χ3v) is 2.69. The molecule has 0 atom stereocenters. The molecule has 2 N–H and O–H groups in total. The van der Waals surface area contributed by atoms with E-state index in [0.29, 0.717) is 11.1 Å². The van der Waals surface area contributed by atoms with E-state index in [-0.39, 0.29) is 17.1 Å². The largest absolute Gasteiger partial charge is 0.380 e. The molecule has 0 aromatic carbocycles. The molecule has 5 nitrogen and oxygen atoms in total. The highest BCUT2D eigenvalue weighted by Gasteiger charge is 2.20. The zero-order valence-corrected chi connectivity index (χ0v) is 9.75. The Bertz CT molecular complexity index is 712. The summed E-state index contributed by atoms with van der Waals surface area (Å²) in [6, 6.07) is 5.07. The number of nitrogens with zero attached hydrogens (tertiary/aromatic N) is 3. The van der Waals surface area contributed by atoms with Gasteiger partial charge in [-0.15, -0.1) is 0 Å². The molecule has 3 aromatic heterocycles. The number of hydrogen-bond acceptors (Lipinski definition) is 5. The van der Waals surface area contributed by atoms with Crippen molar-refractivity contribution in [3.63, 3.8) is 0 Å². The molecule has 0 aliphatic carbocycles. The maximum Gasteiger partial charge on any atom is 0.180 e. The molecule has 0 bridgehead atoms. The summed E-state index contributed by atoms with van der Waals surface area (Å²) in [5, 5.41) is 3.70. The molecule has 3 rings (SSSR count). The maximum absolute atomic E-state index is 13.8. The minimum atomic E-state index is -0.496. The first-order valence-electron chi connectivity index (χ1n) is 5.53. The Morgan fingerprint density at radius 2 is 1.95 bits per heavy atom. The highest BCUT2D eigenvalue weighted by molar-refractivity contribution is 5.86. The average molecular weight is 256 g/mol. The van der Waals surface area contributed by atoms with Gasteiger partial charge in [0.15, 0.2) is 17.4 Å². The molecule has 19 heavy (non-hydrogen) atoms. The lowest BCUT2D eigenvalue weighted by atomic mass is 10.0. The fourth-order valence-corrected chi connectivity index (χ4v) is 1.84. The molecule has 3 aromatic rings. The molecule has 0 saturated heterocycles. The lowest BCUT2D eigenvalue weighted by Gasteiger charge is -2.02. The number of anilines is 1. The molecule has 0 aliphatic rings. The van der Waals surface area contributed by atoms with Crippen molar-refractivity contribution in [2.75, 3.05) is 5.73 Å². The van der Waals surface area contributed by atoms with Gasteiger partial charge in [-0.1, -0.05) is 11.2 Å². The van der Waals surface area contributed by atoms with E-state index in [4.69, 9.17) is 10.3 Å². The Morgan fingerprint density at radius 1 is 1.11 bits per heavy atom. The topological polar surface area (TPSA) is 77.8 Å². The van der Waals surface area contributed by atoms with E-state index in [1.807, 2.05) is 0 Å². The molecule has 0 amide bonds. The van der Waals surface area contributed by atoms with E-state index in [1.165, 1.54) is 12.3 Å². The van der Waals surface area contributed by atoms with Crippen molar-refractivity contribution in [2.24, 2.45) is 0 Å². The summed E-state index contributed by atoms with van der Waals surface area (Å²) in [6.07, 6.45) is 5.84. The molecule has 94 valence electrons. The lowest BCUT2D eigenvalue weighted by Crippen LogP contribution is -1.90. The monoisotopic (exact) mass is 256 g/mol. The molecular formula is C13H9FN4O. The van der Waals surface area contributed by atoms with Crippen LogP contribution in [0.4, 0.5) is 10.2 Å². The van der Waals surface area contributed by atoms with Crippen LogP contribution in [0.1, 0.15) is 0 Å². The van der Waals surface area contributed by atoms with Crippen LogP contribution in [-0.4, -0.2) is 15.1 Å². The van der Waals surface area contributed by atoms with Gasteiger partial charge in [0.2, 0.25) is 0 Å². The van der Waals surface area contributed by atoms with Crippen LogP contribution < -0.4 is 5.73 Å². The molecule has 0 spiro atoms. The molecule has 0 fully saturated rings. The Morgan fingerprint density at radius 3 is 2.68 bits per heavy atom. The van der Waals surface area contributed by atoms with Crippen LogP contribution >= 0.6 is 0 Å². The summed E-state index contributed by atoms with van der Waals surface area (Å²) >= 11 is 0. The third-order valence-electron chi connectivity index (χ3n) is 2.69. The van der Waals surface area contributed by atoms with Crippen LogP contribution in [0.25, 0.3) is 22.5 Å². The molecule has 0 saturated carbocycles. The second-order valence-electron chi connectivity index (χ2n) is 3.87. The summed E-state index contributed by atoms with van der Waals surface area (Å²) in [7, 11) is 0. The van der Waals surface area contributed by atoms with Gasteiger partial charge < -0.3 is 10.3 Å². The summed E-state index contributed by atoms with van der Waals surface area (Å²) < 4.78 is 18.9. The minimum absolute atomic E-state index is 0.194. The van der Waals surface area contributed by atoms with Crippen molar-refractivity contribution >= 4 is 5.82 Å². The van der Waals surface area contributed by atoms with Gasteiger partial charge >= 0.3 is 0 Å². The minimum Gasteiger partial charge on any atom is -0.380 e. The quantitative estimate of drug-likeness (QED) is 0.762. The van der Waals surface area contributed by atoms with Gasteiger partial charge in [0.1, 0.15) is 0 Å². The lowest BCUT2D eigenvalue weighted by molar-refractivity contribution is 0.433. The number of halogens is 1. The van der Waals surface area contributed by atoms with Gasteiger partial charge in [0, 0.05) is 24.2 Å². The zero-order chi connectivity index (χ0) is 13.2. The second kappa shape index (κ2) is 4.49. The van der Waals surface area contributed by atoms with Gasteiger partial charge in [-0.2, -0.15) is 0 Å². The normalized spacial score (nSPS) is 10.6. The van der Waals surface area contributed by atoms with Gasteiger partial charge in [0.25, 0.3) is 0 Å². The van der Waals surface area contributed by atoms with Crippen LogP contribution in [-0.2, 0) is 0 Å². The van der Waals surface area contributed by atoms with E-state index in [1.54, 1.807) is 24.5 Å². The van der Waals surface area contributed by atoms with Crippen molar-refractivity contribution in [1.29, 1.82) is 0 Å². The van der Waals surface area contributed by atoms with Crippen LogP contribution in [0, 0.1) is 5.82 Å². The smallest absolute Gasteiger partial charge is 0.180 e. The second-order valence-corrected chi connectivity index (χ2v) is 3.87. The zero-order valence-electron chi connectivity index (χ0n) is 9.75. The predicted molar refractivity (Wildman–Crippen MR) is 67.3 cm³/mol. The summed E-state index contributed by atoms with van der Waals surface area (Å²) in [4.78, 5) is 7.71. The fraction of sp³-hybridized carbons (Fsp3) is 0. The first kappa shape index (κ1) is 11.3. The fourth-order valence-electron chi connectivity index (χ4n) is 1.84. The number of aromatic nitrogens is 3. The van der Waals surface area contributed by atoms with E-state index in [0.717, 1.165) is 6.20 Å². The Labute approximate surface area is 107 Å². The van der Waals surface area contributed by atoms with Crippen molar-refractivity contribution in [2.45, 2.75) is 0 Å². The van der Waals surface area contributed by atoms with Gasteiger partial charge in [-0.3, -0.25) is 9.97 Å². The van der Waals surface area contributed by atoms with Crippen LogP contribution in [0.15, 0.2) is 47.5 Å². The predicted octanol–water partition coefficient (Wildman–Crippen LogP) is 2.52. The van der Waals surface area contributed by atoms with Crippen molar-refractivity contribution < 1.29 is 8.91 Å². The highest BCUT2D eigenvalue weighted by atomic mass is 19.1. The highest BCUT2D eigenvalue weighted by Crippen LogP contribution is 2.36. The molecule has 0 aliphatic heterocycles. The average Bonchev–Trinajstić information content (AvgIpc) is 2.82. The molecule has 3 heterocycles. The molecule has 0 unspecified atom stereocenters. The Kier molecular flexibility index (Phi) is 2.68. The maximum atomic E-state index is 13.8. The SMILES string of the molecule is Nc1noc(-c2ccncc2F)c1-c1cccnc1. The number of pyridine rings is 2. The Balaban J connectivity index is 2.23. The number of rotatable bonds is 2. The van der Waals surface area contributed by atoms with Gasteiger partial charge in [-0.05, 0) is 12.1 Å². The van der Waals surface area contributed by atoms with E-state index >= 15 is 0 Å². The number of nitrogen functional groups attached to an aromatic ring is 1. The number of hydrogen-bond donors (Lipinski definition) is 1. The van der Waals surface area contributed by atoms with Crippen LogP contribution in [0.3, 0.4) is 0 Å². The van der Waals surface area contributed by atoms with Gasteiger partial charge in [-0.25, -0.2) is 4.39 Å². The van der Waals surface area contributed by atoms with Gasteiger partial charge in [0.05, 0.1) is 17.3 Å². The van der Waals surface area contributed by atoms with Crippen LogP contribution in [0.5, 0.6) is 0 Å². The first-order valence-corrected chi connectivity index (χ1v) is 5.53. The summed E-state index contributed by atoms with van der Waals surface area (Å²) in [6.45, 7) is 0. The standard InChI is InChI=1S/C13H9FN4O/c14-10-7-17-5-3-9(10)12-11(13(15)18-19-12)8-2-1-4-16-6-8/h1-7H,(H2,15,18). The Hall–Kier alpha value is -2.76. The van der Waals surface area contributed by atoms with Crippen molar-refractivity contribution in [3.8, 4) is 22.5 Å². The summed E-state index contributed by atoms with van der Waals surface area (Å²) in [5.74, 6) is -0.0339. The molecular weight excluding hydrogens is 247 g/mol. The molecule has 6 heteroatoms.